The van der Waals surface area contributed by atoms with Crippen molar-refractivity contribution in [1.29, 1.82) is 0 Å². The first kappa shape index (κ1) is 23.2. The maximum absolute atomic E-state index is 14.2. The summed E-state index contributed by atoms with van der Waals surface area (Å²) in [7, 11) is 0. The third-order valence-electron chi connectivity index (χ3n) is 3.62. The molecule has 0 unspecified atom stereocenters. The number of anilines is 2. The maximum Gasteiger partial charge on any atom is 0.267 e. The summed E-state index contributed by atoms with van der Waals surface area (Å²) in [4.78, 5) is 15.0. The molecule has 1 aromatic carbocycles. The Bertz CT molecular complexity index is 933. The number of amides is 1. The molecule has 0 aliphatic rings. The van der Waals surface area contributed by atoms with Crippen LogP contribution in [0.25, 0.3) is 6.08 Å². The smallest absolute Gasteiger partial charge is 0.267 e. The number of carbonyl (C=O) groups excluding carboxylic acids is 1. The monoisotopic (exact) mass is 424 g/mol. The van der Waals surface area contributed by atoms with Crippen molar-refractivity contribution in [3.8, 4) is 0 Å². The minimum atomic E-state index is -0.702. The van der Waals surface area contributed by atoms with Crippen molar-refractivity contribution in [2.24, 2.45) is 0 Å². The second-order valence-corrected chi connectivity index (χ2v) is 5.59. The molecule has 148 valence electrons. The average molecular weight is 425 g/mol. The largest absolute Gasteiger partial charge is 0.348 e. The number of pyridine rings is 1. The van der Waals surface area contributed by atoms with Crippen LogP contribution in [0.2, 0.25) is 0 Å². The van der Waals surface area contributed by atoms with E-state index in [0.29, 0.717) is 5.56 Å². The van der Waals surface area contributed by atoms with Gasteiger partial charge in [-0.25, -0.2) is 14.9 Å². The topological polar surface area (TPSA) is 79.2 Å². The number of hydrogen-bond acceptors (Lipinski definition) is 4. The van der Waals surface area contributed by atoms with Gasteiger partial charge in [-0.2, -0.15) is 0 Å². The van der Waals surface area contributed by atoms with E-state index in [9.17, 15) is 9.18 Å². The van der Waals surface area contributed by atoms with Crippen LogP contribution in [0.4, 0.5) is 15.9 Å². The second kappa shape index (κ2) is 11.1. The lowest BCUT2D eigenvalue weighted by molar-refractivity contribution is -0.124. The molecule has 0 saturated carbocycles. The first-order valence-electron chi connectivity index (χ1n) is 7.88. The lowest BCUT2D eigenvalue weighted by Gasteiger charge is -2.06. The van der Waals surface area contributed by atoms with E-state index in [1.165, 1.54) is 29.4 Å². The van der Waals surface area contributed by atoms with Gasteiger partial charge in [-0.15, -0.1) is 24.8 Å². The molecule has 0 radical (unpaired) electrons. The highest BCUT2D eigenvalue weighted by molar-refractivity contribution is 5.90. The molecule has 0 aliphatic carbocycles. The van der Waals surface area contributed by atoms with E-state index >= 15 is 0 Å². The van der Waals surface area contributed by atoms with Crippen molar-refractivity contribution in [2.45, 2.75) is 6.54 Å². The standard InChI is InChI=1S/C19H17FN4O2.2ClH/c20-17-10-15(6-7-18(25)23-26)11-21-19(17)22-16-8-9-24(13-16)12-14-4-2-1-3-5-14;;/h1-11,13,26H,12H2,(H,21,22)(H,23,25);2*1H. The van der Waals surface area contributed by atoms with E-state index in [0.717, 1.165) is 18.3 Å². The highest BCUT2D eigenvalue weighted by Gasteiger charge is 2.06. The lowest BCUT2D eigenvalue weighted by atomic mass is 10.2. The van der Waals surface area contributed by atoms with Crippen molar-refractivity contribution in [1.82, 2.24) is 15.0 Å². The van der Waals surface area contributed by atoms with Gasteiger partial charge >= 0.3 is 0 Å². The summed E-state index contributed by atoms with van der Waals surface area (Å²) in [6.45, 7) is 0.717. The second-order valence-electron chi connectivity index (χ2n) is 5.59. The zero-order valence-corrected chi connectivity index (χ0v) is 16.2. The molecule has 2 aromatic heterocycles. The van der Waals surface area contributed by atoms with Gasteiger partial charge in [0, 0.05) is 31.2 Å². The van der Waals surface area contributed by atoms with Gasteiger partial charge in [-0.1, -0.05) is 30.3 Å². The number of hydroxylamine groups is 1. The summed E-state index contributed by atoms with van der Waals surface area (Å²) in [6.07, 6.45) is 7.62. The lowest BCUT2D eigenvalue weighted by Crippen LogP contribution is -2.14. The Morgan fingerprint density at radius 1 is 1.21 bits per heavy atom. The van der Waals surface area contributed by atoms with Crippen LogP contribution in [-0.4, -0.2) is 20.7 Å². The summed E-state index contributed by atoms with van der Waals surface area (Å²) >= 11 is 0. The first-order chi connectivity index (χ1) is 12.6. The first-order valence-corrected chi connectivity index (χ1v) is 7.88. The Hall–Kier alpha value is -2.87. The van der Waals surface area contributed by atoms with Gasteiger partial charge in [0.25, 0.3) is 5.91 Å². The predicted molar refractivity (Wildman–Crippen MR) is 111 cm³/mol. The molecule has 28 heavy (non-hydrogen) atoms. The number of hydrogen-bond donors (Lipinski definition) is 3. The number of benzene rings is 1. The number of halogens is 3. The summed E-state index contributed by atoms with van der Waals surface area (Å²) in [6, 6.07) is 13.1. The third-order valence-corrected chi connectivity index (χ3v) is 3.62. The average Bonchev–Trinajstić information content (AvgIpc) is 3.09. The van der Waals surface area contributed by atoms with E-state index in [1.807, 2.05) is 53.4 Å². The molecule has 1 amide bonds. The van der Waals surface area contributed by atoms with Crippen LogP contribution in [0.1, 0.15) is 11.1 Å². The molecule has 0 atom stereocenters. The van der Waals surface area contributed by atoms with Gasteiger partial charge in [-0.3, -0.25) is 10.0 Å². The SMILES string of the molecule is Cl.Cl.O=C(C=Cc1cnc(Nc2ccn(Cc3ccccc3)c2)c(F)c1)NO. The van der Waals surface area contributed by atoms with Crippen LogP contribution < -0.4 is 10.8 Å². The van der Waals surface area contributed by atoms with Crippen LogP contribution in [0, 0.1) is 5.82 Å². The zero-order valence-electron chi connectivity index (χ0n) is 14.6. The van der Waals surface area contributed by atoms with Crippen molar-refractivity contribution in [3.63, 3.8) is 0 Å². The molecular weight excluding hydrogens is 406 g/mol. The molecule has 0 saturated heterocycles. The van der Waals surface area contributed by atoms with Crippen LogP contribution in [0.15, 0.2) is 67.1 Å². The Morgan fingerprint density at radius 3 is 2.64 bits per heavy atom. The molecular formula is C19H19Cl2FN4O2. The van der Waals surface area contributed by atoms with Crippen molar-refractivity contribution >= 4 is 48.3 Å². The van der Waals surface area contributed by atoms with Crippen molar-refractivity contribution in [3.05, 3.63) is 84.1 Å². The van der Waals surface area contributed by atoms with Gasteiger partial charge in [0.1, 0.15) is 0 Å². The van der Waals surface area contributed by atoms with Gasteiger partial charge in [0.05, 0.1) is 5.69 Å². The number of carbonyl (C=O) groups is 1. The van der Waals surface area contributed by atoms with Crippen molar-refractivity contribution < 1.29 is 14.4 Å². The molecule has 0 bridgehead atoms. The summed E-state index contributed by atoms with van der Waals surface area (Å²) in [5.74, 6) is -1.16. The van der Waals surface area contributed by atoms with E-state index < -0.39 is 11.7 Å². The van der Waals surface area contributed by atoms with Crippen LogP contribution in [0.3, 0.4) is 0 Å². The van der Waals surface area contributed by atoms with Crippen molar-refractivity contribution in [2.75, 3.05) is 5.32 Å². The molecule has 3 rings (SSSR count). The molecule has 0 fully saturated rings. The Balaban J connectivity index is 0.00000196. The number of aromatic nitrogens is 2. The van der Waals surface area contributed by atoms with Crippen LogP contribution in [-0.2, 0) is 11.3 Å². The Kier molecular flexibility index (Phi) is 9.17. The van der Waals surface area contributed by atoms with E-state index in [1.54, 1.807) is 0 Å². The minimum Gasteiger partial charge on any atom is -0.348 e. The van der Waals surface area contributed by atoms with E-state index in [4.69, 9.17) is 5.21 Å². The number of nitrogens with one attached hydrogen (secondary N) is 2. The molecule has 3 N–H and O–H groups in total. The molecule has 0 spiro atoms. The Morgan fingerprint density at radius 2 is 1.96 bits per heavy atom. The summed E-state index contributed by atoms with van der Waals surface area (Å²) in [5.41, 5.74) is 3.75. The fourth-order valence-electron chi connectivity index (χ4n) is 2.39. The van der Waals surface area contributed by atoms with Crippen LogP contribution >= 0.6 is 24.8 Å². The highest BCUT2D eigenvalue weighted by Crippen LogP contribution is 2.19. The van der Waals surface area contributed by atoms with E-state index in [-0.39, 0.29) is 30.6 Å². The maximum atomic E-state index is 14.2. The zero-order chi connectivity index (χ0) is 18.4. The fraction of sp³-hybridized carbons (Fsp3) is 0.0526. The van der Waals surface area contributed by atoms with E-state index in [2.05, 4.69) is 10.3 Å². The quantitative estimate of drug-likeness (QED) is 0.315. The number of nitrogens with zero attached hydrogens (tertiary/aromatic N) is 2. The molecule has 6 nitrogen and oxygen atoms in total. The minimum absolute atomic E-state index is 0. The normalized spacial score (nSPS) is 10.1. The molecule has 9 heteroatoms. The fourth-order valence-corrected chi connectivity index (χ4v) is 2.39. The van der Waals surface area contributed by atoms with Gasteiger partial charge in [0.2, 0.25) is 0 Å². The summed E-state index contributed by atoms with van der Waals surface area (Å²) in [5, 5.41) is 11.3. The Labute approximate surface area is 173 Å². The highest BCUT2D eigenvalue weighted by atomic mass is 35.5. The predicted octanol–water partition coefficient (Wildman–Crippen LogP) is 4.18. The van der Waals surface area contributed by atoms with Gasteiger partial charge < -0.3 is 9.88 Å². The number of rotatable bonds is 6. The van der Waals surface area contributed by atoms with Gasteiger partial charge in [-0.05, 0) is 29.3 Å². The third kappa shape index (κ3) is 6.38. The van der Waals surface area contributed by atoms with Gasteiger partial charge in [0.15, 0.2) is 11.6 Å². The molecule has 2 heterocycles. The molecule has 0 aliphatic heterocycles. The summed E-state index contributed by atoms with van der Waals surface area (Å²) < 4.78 is 16.2. The molecule has 3 aromatic rings. The van der Waals surface area contributed by atoms with Crippen LogP contribution in [0.5, 0.6) is 0 Å².